The van der Waals surface area contributed by atoms with Crippen LogP contribution >= 0.6 is 0 Å². The third-order valence-electron chi connectivity index (χ3n) is 3.83. The molecule has 0 aliphatic carbocycles. The summed E-state index contributed by atoms with van der Waals surface area (Å²) in [6.45, 7) is 0.401. The van der Waals surface area contributed by atoms with Crippen LogP contribution in [-0.4, -0.2) is 41.5 Å². The number of aromatic nitrogens is 1. The minimum atomic E-state index is -1.18. The first-order chi connectivity index (χ1) is 12.9. The summed E-state index contributed by atoms with van der Waals surface area (Å²) in [5, 5.41) is 19.2. The number of amides is 1. The van der Waals surface area contributed by atoms with Gasteiger partial charge in [0.25, 0.3) is 0 Å². The van der Waals surface area contributed by atoms with Crippen molar-refractivity contribution in [1.82, 2.24) is 4.98 Å². The van der Waals surface area contributed by atoms with Gasteiger partial charge in [0.1, 0.15) is 5.84 Å². The van der Waals surface area contributed by atoms with E-state index in [1.165, 1.54) is 6.20 Å². The lowest BCUT2D eigenvalue weighted by atomic mass is 10.2. The van der Waals surface area contributed by atoms with Crippen LogP contribution in [0.4, 0.5) is 20.2 Å². The molecule has 27 heavy (non-hydrogen) atoms. The molecule has 0 atom stereocenters. The molecule has 5 N–H and O–H groups in total. The predicted octanol–water partition coefficient (Wildman–Crippen LogP) is 1.86. The van der Waals surface area contributed by atoms with Crippen molar-refractivity contribution in [2.75, 3.05) is 29.9 Å². The first-order valence-electron chi connectivity index (χ1n) is 8.32. The van der Waals surface area contributed by atoms with Crippen LogP contribution in [0.2, 0.25) is 0 Å². The molecule has 1 aromatic carbocycles. The number of nitrogen functional groups attached to an aromatic ring is 1. The van der Waals surface area contributed by atoms with Gasteiger partial charge < -0.3 is 21.1 Å². The largest absolute Gasteiger partial charge is 0.395 e. The van der Waals surface area contributed by atoms with E-state index < -0.39 is 11.8 Å². The smallest absolute Gasteiger partial charge is 0.249 e. The Labute approximate surface area is 155 Å². The third-order valence-corrected chi connectivity index (χ3v) is 3.83. The van der Waals surface area contributed by atoms with Crippen LogP contribution in [0.3, 0.4) is 0 Å². The van der Waals surface area contributed by atoms with E-state index in [2.05, 4.69) is 10.3 Å². The number of rotatable bonds is 9. The highest BCUT2D eigenvalue weighted by Crippen LogP contribution is 2.17. The minimum Gasteiger partial charge on any atom is -0.395 e. The van der Waals surface area contributed by atoms with E-state index in [-0.39, 0.29) is 31.3 Å². The highest BCUT2D eigenvalue weighted by atomic mass is 19.2. The zero-order valence-corrected chi connectivity index (χ0v) is 14.6. The van der Waals surface area contributed by atoms with Crippen molar-refractivity contribution in [2.24, 2.45) is 5.73 Å². The Morgan fingerprint density at radius 3 is 2.56 bits per heavy atom. The number of carbonyl (C=O) groups is 1. The fourth-order valence-electron chi connectivity index (χ4n) is 2.46. The van der Waals surface area contributed by atoms with Gasteiger partial charge in [0.2, 0.25) is 11.9 Å². The van der Waals surface area contributed by atoms with Gasteiger partial charge in [-0.2, -0.15) is 4.39 Å². The molecule has 0 saturated carbocycles. The van der Waals surface area contributed by atoms with Gasteiger partial charge in [-0.25, -0.2) is 9.37 Å². The van der Waals surface area contributed by atoms with Gasteiger partial charge in [0, 0.05) is 36.8 Å². The quantitative estimate of drug-likeness (QED) is 0.302. The summed E-state index contributed by atoms with van der Waals surface area (Å²) in [6.07, 6.45) is 1.83. The molecule has 144 valence electrons. The SMILES string of the molecule is N=C(N)c1ccc(NC(=O)CCCN(CCO)c2cnc(F)c(F)c2)cc1. The Balaban J connectivity index is 1.87. The molecule has 2 rings (SSSR count). The van der Waals surface area contributed by atoms with Gasteiger partial charge >= 0.3 is 0 Å². The Morgan fingerprint density at radius 1 is 1.26 bits per heavy atom. The van der Waals surface area contributed by atoms with Crippen molar-refractivity contribution < 1.29 is 18.7 Å². The summed E-state index contributed by atoms with van der Waals surface area (Å²) >= 11 is 0. The molecular weight excluding hydrogens is 356 g/mol. The first kappa shape index (κ1) is 20.2. The van der Waals surface area contributed by atoms with Crippen molar-refractivity contribution in [3.63, 3.8) is 0 Å². The number of nitrogens with zero attached hydrogens (tertiary/aromatic N) is 2. The molecule has 0 aliphatic heterocycles. The van der Waals surface area contributed by atoms with Gasteiger partial charge in [-0.3, -0.25) is 10.2 Å². The Hall–Kier alpha value is -3.07. The van der Waals surface area contributed by atoms with Gasteiger partial charge in [-0.05, 0) is 30.7 Å². The fourth-order valence-corrected chi connectivity index (χ4v) is 2.46. The van der Waals surface area contributed by atoms with E-state index in [4.69, 9.17) is 16.2 Å². The molecule has 0 radical (unpaired) electrons. The van der Waals surface area contributed by atoms with Crippen molar-refractivity contribution in [1.29, 1.82) is 5.41 Å². The molecule has 1 heterocycles. The zero-order chi connectivity index (χ0) is 19.8. The molecule has 0 aliphatic rings. The molecule has 9 heteroatoms. The number of halogens is 2. The highest BCUT2D eigenvalue weighted by molar-refractivity contribution is 5.96. The maximum Gasteiger partial charge on any atom is 0.249 e. The molecule has 0 saturated heterocycles. The lowest BCUT2D eigenvalue weighted by Crippen LogP contribution is -2.29. The molecule has 2 aromatic rings. The van der Waals surface area contributed by atoms with E-state index in [1.807, 2.05) is 0 Å². The summed E-state index contributed by atoms with van der Waals surface area (Å²) in [5.41, 5.74) is 6.86. The first-order valence-corrected chi connectivity index (χ1v) is 8.32. The average Bonchev–Trinajstić information content (AvgIpc) is 2.64. The molecule has 0 bridgehead atoms. The number of aliphatic hydroxyl groups is 1. The lowest BCUT2D eigenvalue weighted by Gasteiger charge is -2.23. The number of amidine groups is 1. The van der Waals surface area contributed by atoms with Gasteiger partial charge in [-0.15, -0.1) is 0 Å². The number of hydrogen-bond donors (Lipinski definition) is 4. The number of aliphatic hydroxyl groups excluding tert-OH is 1. The third kappa shape index (κ3) is 6.00. The highest BCUT2D eigenvalue weighted by Gasteiger charge is 2.12. The number of benzene rings is 1. The van der Waals surface area contributed by atoms with Crippen LogP contribution in [0, 0.1) is 17.2 Å². The minimum absolute atomic E-state index is 0.0522. The second kappa shape index (κ2) is 9.58. The monoisotopic (exact) mass is 377 g/mol. The number of anilines is 2. The number of nitrogens with two attached hydrogens (primary N) is 1. The van der Waals surface area contributed by atoms with Crippen LogP contribution in [0.15, 0.2) is 36.5 Å². The van der Waals surface area contributed by atoms with Crippen LogP contribution in [0.1, 0.15) is 18.4 Å². The molecule has 0 unspecified atom stereocenters. The summed E-state index contributed by atoms with van der Waals surface area (Å²) in [6, 6.07) is 7.59. The summed E-state index contributed by atoms with van der Waals surface area (Å²) in [4.78, 5) is 17.0. The van der Waals surface area contributed by atoms with Crippen molar-refractivity contribution in [3.05, 3.63) is 53.9 Å². The normalized spacial score (nSPS) is 10.5. The number of hydrogen-bond acceptors (Lipinski definition) is 5. The number of pyridine rings is 1. The average molecular weight is 377 g/mol. The fraction of sp³-hybridized carbons (Fsp3) is 0.278. The van der Waals surface area contributed by atoms with Gasteiger partial charge in [-0.1, -0.05) is 0 Å². The Bertz CT molecular complexity index is 799. The second-order valence-electron chi connectivity index (χ2n) is 5.82. The van der Waals surface area contributed by atoms with E-state index in [0.29, 0.717) is 29.9 Å². The molecule has 0 spiro atoms. The number of carbonyl (C=O) groups excluding carboxylic acids is 1. The van der Waals surface area contributed by atoms with E-state index >= 15 is 0 Å². The van der Waals surface area contributed by atoms with Crippen molar-refractivity contribution >= 4 is 23.1 Å². The topological polar surface area (TPSA) is 115 Å². The number of nitrogens with one attached hydrogen (secondary N) is 2. The lowest BCUT2D eigenvalue weighted by molar-refractivity contribution is -0.116. The Morgan fingerprint density at radius 2 is 1.96 bits per heavy atom. The molecule has 1 amide bonds. The predicted molar refractivity (Wildman–Crippen MR) is 98.8 cm³/mol. The van der Waals surface area contributed by atoms with E-state index in [0.717, 1.165) is 6.07 Å². The van der Waals surface area contributed by atoms with Gasteiger partial charge in [0.15, 0.2) is 5.82 Å². The van der Waals surface area contributed by atoms with E-state index in [1.54, 1.807) is 29.2 Å². The second-order valence-corrected chi connectivity index (χ2v) is 5.82. The molecular formula is C18H21F2N5O2. The molecule has 7 nitrogen and oxygen atoms in total. The Kier molecular flexibility index (Phi) is 7.18. The summed E-state index contributed by atoms with van der Waals surface area (Å²) in [7, 11) is 0. The van der Waals surface area contributed by atoms with Gasteiger partial charge in [0.05, 0.1) is 18.5 Å². The molecule has 0 fully saturated rings. The maximum atomic E-state index is 13.3. The zero-order valence-electron chi connectivity index (χ0n) is 14.6. The summed E-state index contributed by atoms with van der Waals surface area (Å²) in [5.74, 6) is -2.51. The van der Waals surface area contributed by atoms with Crippen molar-refractivity contribution in [2.45, 2.75) is 12.8 Å². The maximum absolute atomic E-state index is 13.3. The van der Waals surface area contributed by atoms with Crippen LogP contribution in [0.5, 0.6) is 0 Å². The standard InChI is InChI=1S/C18H21F2N5O2/c19-15-10-14(11-23-17(15)20)25(8-9-26)7-1-2-16(27)24-13-5-3-12(4-6-13)18(21)22/h3-6,10-11,26H,1-2,7-9H2,(H3,21,22)(H,24,27). The van der Waals surface area contributed by atoms with Crippen molar-refractivity contribution in [3.8, 4) is 0 Å². The van der Waals surface area contributed by atoms with Crippen LogP contribution < -0.4 is 16.0 Å². The van der Waals surface area contributed by atoms with E-state index in [9.17, 15) is 13.6 Å². The summed E-state index contributed by atoms with van der Waals surface area (Å²) < 4.78 is 26.3. The van der Waals surface area contributed by atoms with Crippen LogP contribution in [-0.2, 0) is 4.79 Å². The van der Waals surface area contributed by atoms with Crippen LogP contribution in [0.25, 0.3) is 0 Å². The molecule has 1 aromatic heterocycles.